The summed E-state index contributed by atoms with van der Waals surface area (Å²) in [5.74, 6) is -0.273. The van der Waals surface area contributed by atoms with Gasteiger partial charge in [-0.05, 0) is 43.2 Å². The molecule has 0 radical (unpaired) electrons. The first kappa shape index (κ1) is 11.3. The fraction of sp³-hybridized carbons (Fsp3) is 0.231. The van der Waals surface area contributed by atoms with Crippen LogP contribution in [-0.4, -0.2) is 5.11 Å². The van der Waals surface area contributed by atoms with Crippen molar-refractivity contribution in [3.05, 3.63) is 57.0 Å². The fourth-order valence-corrected chi connectivity index (χ4v) is 2.44. The Kier molecular flexibility index (Phi) is 3.08. The van der Waals surface area contributed by atoms with E-state index in [0.29, 0.717) is 11.1 Å². The average molecular weight is 236 g/mol. The lowest BCUT2D eigenvalue weighted by molar-refractivity contribution is 0.223. The number of aliphatic hydroxyl groups excluding tert-OH is 1. The molecule has 0 fully saturated rings. The van der Waals surface area contributed by atoms with Crippen molar-refractivity contribution in [2.24, 2.45) is 0 Å². The molecule has 0 bridgehead atoms. The third-order valence-electron chi connectivity index (χ3n) is 2.54. The molecule has 0 spiro atoms. The van der Waals surface area contributed by atoms with Crippen molar-refractivity contribution < 1.29 is 9.50 Å². The van der Waals surface area contributed by atoms with Crippen molar-refractivity contribution in [2.45, 2.75) is 20.0 Å². The second-order valence-electron chi connectivity index (χ2n) is 3.86. The molecule has 1 aromatic heterocycles. The van der Waals surface area contributed by atoms with Crippen LogP contribution in [0.3, 0.4) is 0 Å². The molecule has 1 atom stereocenters. The molecule has 1 heterocycles. The summed E-state index contributed by atoms with van der Waals surface area (Å²) in [5, 5.41) is 10.1. The average Bonchev–Trinajstić information content (AvgIpc) is 2.68. The van der Waals surface area contributed by atoms with Crippen molar-refractivity contribution in [2.75, 3.05) is 0 Å². The highest BCUT2D eigenvalue weighted by Gasteiger charge is 2.13. The fourth-order valence-electron chi connectivity index (χ4n) is 1.54. The number of halogens is 1. The zero-order valence-corrected chi connectivity index (χ0v) is 10.0. The summed E-state index contributed by atoms with van der Waals surface area (Å²) in [6.07, 6.45) is -0.728. The number of hydrogen-bond acceptors (Lipinski definition) is 2. The van der Waals surface area contributed by atoms with Gasteiger partial charge in [-0.1, -0.05) is 12.1 Å². The van der Waals surface area contributed by atoms with E-state index in [1.54, 1.807) is 19.1 Å². The van der Waals surface area contributed by atoms with Gasteiger partial charge < -0.3 is 5.11 Å². The van der Waals surface area contributed by atoms with Crippen LogP contribution < -0.4 is 0 Å². The summed E-state index contributed by atoms with van der Waals surface area (Å²) in [6.45, 7) is 3.69. The number of aryl methyl sites for hydroxylation is 2. The van der Waals surface area contributed by atoms with E-state index in [1.165, 1.54) is 17.4 Å². The largest absolute Gasteiger partial charge is 0.383 e. The Bertz CT molecular complexity index is 504. The summed E-state index contributed by atoms with van der Waals surface area (Å²) in [6, 6.07) is 8.68. The van der Waals surface area contributed by atoms with Crippen LogP contribution in [0.15, 0.2) is 30.3 Å². The van der Waals surface area contributed by atoms with Crippen molar-refractivity contribution in [1.29, 1.82) is 0 Å². The van der Waals surface area contributed by atoms with Gasteiger partial charge in [0.25, 0.3) is 0 Å². The molecule has 16 heavy (non-hydrogen) atoms. The zero-order chi connectivity index (χ0) is 11.7. The molecular weight excluding hydrogens is 223 g/mol. The van der Waals surface area contributed by atoms with Crippen LogP contribution in [-0.2, 0) is 0 Å². The highest BCUT2D eigenvalue weighted by Crippen LogP contribution is 2.28. The highest BCUT2D eigenvalue weighted by molar-refractivity contribution is 7.12. The van der Waals surface area contributed by atoms with E-state index in [1.807, 2.05) is 19.1 Å². The topological polar surface area (TPSA) is 20.2 Å². The van der Waals surface area contributed by atoms with Crippen molar-refractivity contribution in [1.82, 2.24) is 0 Å². The molecule has 3 heteroatoms. The second kappa shape index (κ2) is 4.36. The van der Waals surface area contributed by atoms with Crippen molar-refractivity contribution in [3.8, 4) is 0 Å². The molecule has 1 N–H and O–H groups in total. The standard InChI is InChI=1S/C13H13FOS/c1-8-3-5-10(7-11(8)14)13(15)12-6-4-9(2)16-12/h3-7,13,15H,1-2H3/t13-/m0/s1. The predicted octanol–water partition coefficient (Wildman–Crippen LogP) is 3.59. The van der Waals surface area contributed by atoms with Crippen LogP contribution in [0, 0.1) is 19.7 Å². The van der Waals surface area contributed by atoms with Crippen molar-refractivity contribution in [3.63, 3.8) is 0 Å². The van der Waals surface area contributed by atoms with Crippen LogP contribution in [0.4, 0.5) is 4.39 Å². The molecule has 1 nitrogen and oxygen atoms in total. The van der Waals surface area contributed by atoms with Crippen LogP contribution in [0.25, 0.3) is 0 Å². The Balaban J connectivity index is 2.33. The minimum absolute atomic E-state index is 0.273. The van der Waals surface area contributed by atoms with E-state index in [0.717, 1.165) is 9.75 Å². The first-order valence-corrected chi connectivity index (χ1v) is 5.90. The lowest BCUT2D eigenvalue weighted by Crippen LogP contribution is -1.98. The first-order chi connectivity index (χ1) is 7.58. The SMILES string of the molecule is Cc1ccc([C@@H](O)c2ccc(C)c(F)c2)s1. The van der Waals surface area contributed by atoms with E-state index in [4.69, 9.17) is 0 Å². The second-order valence-corrected chi connectivity index (χ2v) is 5.18. The van der Waals surface area contributed by atoms with Gasteiger partial charge in [-0.15, -0.1) is 11.3 Å². The normalized spacial score (nSPS) is 12.8. The Labute approximate surface area is 98.2 Å². The summed E-state index contributed by atoms with van der Waals surface area (Å²) in [4.78, 5) is 1.99. The van der Waals surface area contributed by atoms with E-state index >= 15 is 0 Å². The lowest BCUT2D eigenvalue weighted by atomic mass is 10.1. The summed E-state index contributed by atoms with van der Waals surface area (Å²) in [7, 11) is 0. The molecule has 1 aromatic carbocycles. The van der Waals surface area contributed by atoms with E-state index in [-0.39, 0.29) is 5.82 Å². The number of thiophene rings is 1. The Morgan fingerprint density at radius 3 is 2.50 bits per heavy atom. The summed E-state index contributed by atoms with van der Waals surface area (Å²) < 4.78 is 13.4. The van der Waals surface area contributed by atoms with E-state index in [9.17, 15) is 9.50 Å². The third kappa shape index (κ3) is 2.15. The maximum Gasteiger partial charge on any atom is 0.126 e. The molecule has 0 saturated heterocycles. The molecule has 0 saturated carbocycles. The Morgan fingerprint density at radius 2 is 1.94 bits per heavy atom. The molecular formula is C13H13FOS. The summed E-state index contributed by atoms with van der Waals surface area (Å²) >= 11 is 1.53. The molecule has 0 amide bonds. The minimum Gasteiger partial charge on any atom is -0.383 e. The van der Waals surface area contributed by atoms with E-state index < -0.39 is 6.10 Å². The predicted molar refractivity (Wildman–Crippen MR) is 64.3 cm³/mol. The van der Waals surface area contributed by atoms with E-state index in [2.05, 4.69) is 0 Å². The molecule has 0 unspecified atom stereocenters. The zero-order valence-electron chi connectivity index (χ0n) is 9.20. The molecule has 84 valence electrons. The van der Waals surface area contributed by atoms with Crippen molar-refractivity contribution >= 4 is 11.3 Å². The van der Waals surface area contributed by atoms with Gasteiger partial charge in [0.2, 0.25) is 0 Å². The van der Waals surface area contributed by atoms with Gasteiger partial charge >= 0.3 is 0 Å². The van der Waals surface area contributed by atoms with Gasteiger partial charge in [0.1, 0.15) is 11.9 Å². The van der Waals surface area contributed by atoms with Gasteiger partial charge in [0, 0.05) is 9.75 Å². The molecule has 0 aliphatic heterocycles. The maximum absolute atomic E-state index is 13.4. The molecule has 2 aromatic rings. The third-order valence-corrected chi connectivity index (χ3v) is 3.60. The highest BCUT2D eigenvalue weighted by atomic mass is 32.1. The number of benzene rings is 1. The van der Waals surface area contributed by atoms with Gasteiger partial charge in [0.15, 0.2) is 0 Å². The maximum atomic E-state index is 13.4. The van der Waals surface area contributed by atoms with Gasteiger partial charge in [-0.2, -0.15) is 0 Å². The van der Waals surface area contributed by atoms with Crippen LogP contribution in [0.1, 0.15) is 27.0 Å². The minimum atomic E-state index is -0.728. The smallest absolute Gasteiger partial charge is 0.126 e. The summed E-state index contributed by atoms with van der Waals surface area (Å²) in [5.41, 5.74) is 1.20. The molecule has 0 aliphatic rings. The van der Waals surface area contributed by atoms with Crippen LogP contribution in [0.5, 0.6) is 0 Å². The Morgan fingerprint density at radius 1 is 1.19 bits per heavy atom. The first-order valence-electron chi connectivity index (χ1n) is 5.08. The molecule has 2 rings (SSSR count). The number of rotatable bonds is 2. The monoisotopic (exact) mass is 236 g/mol. The van der Waals surface area contributed by atoms with Crippen LogP contribution in [0.2, 0.25) is 0 Å². The van der Waals surface area contributed by atoms with Crippen LogP contribution >= 0.6 is 11.3 Å². The number of hydrogen-bond donors (Lipinski definition) is 1. The quantitative estimate of drug-likeness (QED) is 0.845. The van der Waals surface area contributed by atoms with Gasteiger partial charge in [0.05, 0.1) is 0 Å². The molecule has 0 aliphatic carbocycles. The lowest BCUT2D eigenvalue weighted by Gasteiger charge is -2.09. The van der Waals surface area contributed by atoms with Gasteiger partial charge in [-0.25, -0.2) is 4.39 Å². The number of aliphatic hydroxyl groups is 1. The Hall–Kier alpha value is -1.19. The van der Waals surface area contributed by atoms with Gasteiger partial charge in [-0.3, -0.25) is 0 Å².